The van der Waals surface area contributed by atoms with E-state index in [0.717, 1.165) is 16.8 Å². The van der Waals surface area contributed by atoms with Crippen molar-refractivity contribution in [2.45, 2.75) is 32.7 Å². The summed E-state index contributed by atoms with van der Waals surface area (Å²) in [5, 5.41) is 9.11. The SMILES string of the molecule is CC1=C(C(=O)Nc2ccccc2C(C)C)[C@@H](c2ccc(Cl)cc2)NC(=O)N1. The van der Waals surface area contributed by atoms with Gasteiger partial charge in [-0.3, -0.25) is 4.79 Å². The highest BCUT2D eigenvalue weighted by Crippen LogP contribution is 2.30. The summed E-state index contributed by atoms with van der Waals surface area (Å²) in [5.41, 5.74) is 3.61. The average Bonchev–Trinajstić information content (AvgIpc) is 2.61. The summed E-state index contributed by atoms with van der Waals surface area (Å²) in [7, 11) is 0. The van der Waals surface area contributed by atoms with Crippen molar-refractivity contribution in [1.29, 1.82) is 0 Å². The molecule has 1 aliphatic heterocycles. The van der Waals surface area contributed by atoms with Crippen LogP contribution in [-0.4, -0.2) is 11.9 Å². The van der Waals surface area contributed by atoms with Gasteiger partial charge in [-0.15, -0.1) is 0 Å². The first-order valence-corrected chi connectivity index (χ1v) is 9.18. The van der Waals surface area contributed by atoms with Crippen LogP contribution in [0.25, 0.3) is 0 Å². The predicted molar refractivity (Wildman–Crippen MR) is 108 cm³/mol. The smallest absolute Gasteiger partial charge is 0.319 e. The van der Waals surface area contributed by atoms with Gasteiger partial charge in [-0.25, -0.2) is 4.79 Å². The number of anilines is 1. The molecular formula is C21H22ClN3O2. The largest absolute Gasteiger partial charge is 0.327 e. The van der Waals surface area contributed by atoms with Crippen molar-refractivity contribution in [3.63, 3.8) is 0 Å². The van der Waals surface area contributed by atoms with Crippen LogP contribution in [0.3, 0.4) is 0 Å². The first-order chi connectivity index (χ1) is 12.9. The Balaban J connectivity index is 1.96. The minimum Gasteiger partial charge on any atom is -0.327 e. The topological polar surface area (TPSA) is 70.2 Å². The first-order valence-electron chi connectivity index (χ1n) is 8.81. The number of carbonyl (C=O) groups is 2. The number of hydrogen-bond acceptors (Lipinski definition) is 2. The van der Waals surface area contributed by atoms with Crippen molar-refractivity contribution in [2.75, 3.05) is 5.32 Å². The van der Waals surface area contributed by atoms with Gasteiger partial charge in [0.05, 0.1) is 11.6 Å². The van der Waals surface area contributed by atoms with E-state index >= 15 is 0 Å². The van der Waals surface area contributed by atoms with Gasteiger partial charge in [0.1, 0.15) is 0 Å². The molecule has 1 heterocycles. The molecule has 140 valence electrons. The molecule has 3 amide bonds. The molecule has 3 rings (SSSR count). The van der Waals surface area contributed by atoms with E-state index in [0.29, 0.717) is 16.3 Å². The number of rotatable bonds is 4. The molecule has 0 spiro atoms. The molecule has 2 aromatic rings. The van der Waals surface area contributed by atoms with E-state index in [9.17, 15) is 9.59 Å². The lowest BCUT2D eigenvalue weighted by Gasteiger charge is -2.29. The van der Waals surface area contributed by atoms with Gasteiger partial charge in [-0.2, -0.15) is 0 Å². The second-order valence-electron chi connectivity index (χ2n) is 6.82. The maximum atomic E-state index is 13.1. The molecule has 0 unspecified atom stereocenters. The van der Waals surface area contributed by atoms with E-state index in [1.165, 1.54) is 0 Å². The van der Waals surface area contributed by atoms with E-state index < -0.39 is 6.04 Å². The Morgan fingerprint density at radius 2 is 1.78 bits per heavy atom. The fourth-order valence-corrected chi connectivity index (χ4v) is 3.33. The molecule has 0 aliphatic carbocycles. The zero-order chi connectivity index (χ0) is 19.6. The number of para-hydroxylation sites is 1. The molecule has 27 heavy (non-hydrogen) atoms. The van der Waals surface area contributed by atoms with Crippen LogP contribution in [0, 0.1) is 0 Å². The number of amides is 3. The van der Waals surface area contributed by atoms with Crippen LogP contribution in [-0.2, 0) is 4.79 Å². The lowest BCUT2D eigenvalue weighted by molar-refractivity contribution is -0.113. The first kappa shape index (κ1) is 19.0. The zero-order valence-electron chi connectivity index (χ0n) is 15.5. The Morgan fingerprint density at radius 3 is 2.44 bits per heavy atom. The molecule has 0 saturated carbocycles. The van der Waals surface area contributed by atoms with Gasteiger partial charge in [-0.05, 0) is 42.2 Å². The van der Waals surface area contributed by atoms with Gasteiger partial charge in [0.25, 0.3) is 5.91 Å². The van der Waals surface area contributed by atoms with Crippen molar-refractivity contribution >= 4 is 29.2 Å². The summed E-state index contributed by atoms with van der Waals surface area (Å²) in [6, 6.07) is 13.9. The third-order valence-electron chi connectivity index (χ3n) is 4.55. The van der Waals surface area contributed by atoms with Gasteiger partial charge >= 0.3 is 6.03 Å². The van der Waals surface area contributed by atoms with Crippen molar-refractivity contribution < 1.29 is 9.59 Å². The molecule has 1 aliphatic rings. The predicted octanol–water partition coefficient (Wildman–Crippen LogP) is 4.73. The van der Waals surface area contributed by atoms with Gasteiger partial charge < -0.3 is 16.0 Å². The van der Waals surface area contributed by atoms with Crippen molar-refractivity contribution in [2.24, 2.45) is 0 Å². The number of nitrogens with one attached hydrogen (secondary N) is 3. The molecule has 6 heteroatoms. The third kappa shape index (κ3) is 4.14. The number of urea groups is 1. The molecular weight excluding hydrogens is 362 g/mol. The van der Waals surface area contributed by atoms with Crippen molar-refractivity contribution in [1.82, 2.24) is 10.6 Å². The quantitative estimate of drug-likeness (QED) is 0.714. The normalized spacial score (nSPS) is 16.8. The van der Waals surface area contributed by atoms with Crippen LogP contribution in [0.2, 0.25) is 5.02 Å². The molecule has 0 radical (unpaired) electrons. The summed E-state index contributed by atoms with van der Waals surface area (Å²) < 4.78 is 0. The highest BCUT2D eigenvalue weighted by atomic mass is 35.5. The van der Waals surface area contributed by atoms with Gasteiger partial charge in [0.15, 0.2) is 0 Å². The van der Waals surface area contributed by atoms with Crippen molar-refractivity contribution in [3.8, 4) is 0 Å². The molecule has 1 atom stereocenters. The molecule has 0 fully saturated rings. The summed E-state index contributed by atoms with van der Waals surface area (Å²) >= 11 is 5.97. The third-order valence-corrected chi connectivity index (χ3v) is 4.80. The molecule has 3 N–H and O–H groups in total. The van der Waals surface area contributed by atoms with E-state index in [1.807, 2.05) is 24.3 Å². The summed E-state index contributed by atoms with van der Waals surface area (Å²) in [5.74, 6) is 0.0147. The van der Waals surface area contributed by atoms with Crippen LogP contribution in [0.1, 0.15) is 43.9 Å². The molecule has 2 aromatic carbocycles. The average molecular weight is 384 g/mol. The number of hydrogen-bond donors (Lipinski definition) is 3. The highest BCUT2D eigenvalue weighted by Gasteiger charge is 2.31. The van der Waals surface area contributed by atoms with Crippen LogP contribution < -0.4 is 16.0 Å². The second-order valence-corrected chi connectivity index (χ2v) is 7.25. The van der Waals surface area contributed by atoms with Gasteiger partial charge in [0.2, 0.25) is 0 Å². The monoisotopic (exact) mass is 383 g/mol. The molecule has 0 aromatic heterocycles. The molecule has 0 saturated heterocycles. The maximum Gasteiger partial charge on any atom is 0.319 e. The molecule has 0 bridgehead atoms. The highest BCUT2D eigenvalue weighted by molar-refractivity contribution is 6.30. The Kier molecular flexibility index (Phi) is 5.51. The van der Waals surface area contributed by atoms with E-state index in [1.54, 1.807) is 31.2 Å². The summed E-state index contributed by atoms with van der Waals surface area (Å²) in [6.07, 6.45) is 0. The zero-order valence-corrected chi connectivity index (χ0v) is 16.2. The maximum absolute atomic E-state index is 13.1. The minimum atomic E-state index is -0.553. The Hall–Kier alpha value is -2.79. The van der Waals surface area contributed by atoms with E-state index in [-0.39, 0.29) is 17.9 Å². The Morgan fingerprint density at radius 1 is 1.11 bits per heavy atom. The Labute approximate surface area is 163 Å². The lowest BCUT2D eigenvalue weighted by atomic mass is 9.94. The van der Waals surface area contributed by atoms with Crippen LogP contribution in [0.4, 0.5) is 10.5 Å². The fraction of sp³-hybridized carbons (Fsp3) is 0.238. The van der Waals surface area contributed by atoms with Crippen LogP contribution in [0.5, 0.6) is 0 Å². The standard InChI is InChI=1S/C21H22ClN3O2/c1-12(2)16-6-4-5-7-17(16)24-20(26)18-13(3)23-21(27)25-19(18)14-8-10-15(22)11-9-14/h4-12,19H,1-3H3,(H,24,26)(H2,23,25,27)/t19-/m1/s1. The van der Waals surface area contributed by atoms with Crippen molar-refractivity contribution in [3.05, 3.63) is 76.0 Å². The van der Waals surface area contributed by atoms with E-state index in [4.69, 9.17) is 11.6 Å². The van der Waals surface area contributed by atoms with Crippen LogP contribution in [0.15, 0.2) is 59.8 Å². The number of allylic oxidation sites excluding steroid dienone is 1. The van der Waals surface area contributed by atoms with E-state index in [2.05, 4.69) is 29.8 Å². The summed E-state index contributed by atoms with van der Waals surface area (Å²) in [6.45, 7) is 5.88. The van der Waals surface area contributed by atoms with Gasteiger partial charge in [0, 0.05) is 16.4 Å². The number of carbonyl (C=O) groups excluding carboxylic acids is 2. The van der Waals surface area contributed by atoms with Gasteiger partial charge in [-0.1, -0.05) is 55.8 Å². The number of halogens is 1. The Bertz CT molecular complexity index is 904. The summed E-state index contributed by atoms with van der Waals surface area (Å²) in [4.78, 5) is 25.1. The lowest BCUT2D eigenvalue weighted by Crippen LogP contribution is -2.46. The number of benzene rings is 2. The minimum absolute atomic E-state index is 0.256. The molecule has 5 nitrogen and oxygen atoms in total. The van der Waals surface area contributed by atoms with Crippen LogP contribution >= 0.6 is 11.6 Å². The second kappa shape index (κ2) is 7.84. The fourth-order valence-electron chi connectivity index (χ4n) is 3.20.